The number of phenolic OH excluding ortho intramolecular Hbond substituents is 2. The quantitative estimate of drug-likeness (QED) is 0.235. The molecule has 0 saturated heterocycles. The van der Waals surface area contributed by atoms with Crippen LogP contribution in [0, 0.1) is 31.6 Å². The van der Waals surface area contributed by atoms with Gasteiger partial charge in [-0.25, -0.2) is 0 Å². The summed E-state index contributed by atoms with van der Waals surface area (Å²) in [6.07, 6.45) is 14.8. The number of rotatable bonds is 14. The predicted molar refractivity (Wildman–Crippen MR) is 131 cm³/mol. The molecule has 1 aromatic rings. The van der Waals surface area contributed by atoms with Gasteiger partial charge in [0.1, 0.15) is 11.5 Å². The highest BCUT2D eigenvalue weighted by atomic mass is 16.3. The third-order valence-electron chi connectivity index (χ3n) is 6.64. The number of benzene rings is 1. The lowest BCUT2D eigenvalue weighted by Gasteiger charge is -2.15. The van der Waals surface area contributed by atoms with Gasteiger partial charge >= 0.3 is 0 Å². The Hall–Kier alpha value is -1.44. The Morgan fingerprint density at radius 3 is 1.97 bits per heavy atom. The van der Waals surface area contributed by atoms with Gasteiger partial charge in [-0.05, 0) is 75.0 Å². The Morgan fingerprint density at radius 1 is 0.867 bits per heavy atom. The third kappa shape index (κ3) is 10.0. The van der Waals surface area contributed by atoms with Crippen LogP contribution in [0.15, 0.2) is 17.7 Å². The fourth-order valence-electron chi connectivity index (χ4n) is 4.33. The zero-order valence-electron chi connectivity index (χ0n) is 20.9. The molecule has 0 aliphatic rings. The van der Waals surface area contributed by atoms with Crippen molar-refractivity contribution in [1.82, 2.24) is 0 Å². The minimum Gasteiger partial charge on any atom is -0.508 e. The topological polar surface area (TPSA) is 40.5 Å². The lowest BCUT2D eigenvalue weighted by Crippen LogP contribution is -2.00. The Bertz CT molecular complexity index is 657. The number of aryl methyl sites for hydroxylation is 1. The molecular formula is C28H48O2. The van der Waals surface area contributed by atoms with Gasteiger partial charge in [0, 0.05) is 5.56 Å². The second-order valence-corrected chi connectivity index (χ2v) is 10.3. The van der Waals surface area contributed by atoms with Crippen LogP contribution in [0.5, 0.6) is 11.5 Å². The van der Waals surface area contributed by atoms with Gasteiger partial charge in [-0.15, -0.1) is 0 Å². The van der Waals surface area contributed by atoms with Crippen LogP contribution in [0.3, 0.4) is 0 Å². The van der Waals surface area contributed by atoms with E-state index in [1.54, 1.807) is 6.07 Å². The average molecular weight is 417 g/mol. The van der Waals surface area contributed by atoms with Crippen LogP contribution in [0.25, 0.3) is 0 Å². The molecule has 0 aliphatic heterocycles. The average Bonchev–Trinajstić information content (AvgIpc) is 2.65. The van der Waals surface area contributed by atoms with Gasteiger partial charge in [-0.2, -0.15) is 0 Å². The van der Waals surface area contributed by atoms with E-state index in [2.05, 4.69) is 40.7 Å². The lowest BCUT2D eigenvalue weighted by atomic mass is 9.91. The van der Waals surface area contributed by atoms with E-state index in [0.29, 0.717) is 17.9 Å². The Kier molecular flexibility index (Phi) is 12.2. The summed E-state index contributed by atoms with van der Waals surface area (Å²) in [6, 6.07) is 1.66. The molecule has 1 rings (SSSR count). The van der Waals surface area contributed by atoms with Gasteiger partial charge in [0.2, 0.25) is 0 Å². The molecule has 172 valence electrons. The summed E-state index contributed by atoms with van der Waals surface area (Å²) in [7, 11) is 0. The smallest absolute Gasteiger partial charge is 0.121 e. The van der Waals surface area contributed by atoms with Crippen molar-refractivity contribution in [3.05, 3.63) is 34.4 Å². The first kappa shape index (κ1) is 26.6. The number of allylic oxidation sites excluding steroid dienone is 2. The van der Waals surface area contributed by atoms with Gasteiger partial charge in [0.05, 0.1) is 0 Å². The summed E-state index contributed by atoms with van der Waals surface area (Å²) in [4.78, 5) is 0. The molecule has 0 bridgehead atoms. The molecular weight excluding hydrogens is 368 g/mol. The van der Waals surface area contributed by atoms with Gasteiger partial charge in [-0.3, -0.25) is 0 Å². The number of phenols is 2. The third-order valence-corrected chi connectivity index (χ3v) is 6.64. The van der Waals surface area contributed by atoms with E-state index in [0.717, 1.165) is 40.9 Å². The maximum Gasteiger partial charge on any atom is 0.121 e. The van der Waals surface area contributed by atoms with Crippen molar-refractivity contribution < 1.29 is 10.2 Å². The van der Waals surface area contributed by atoms with Crippen LogP contribution < -0.4 is 0 Å². The summed E-state index contributed by atoms with van der Waals surface area (Å²) in [6.45, 7) is 15.4. The first-order valence-electron chi connectivity index (χ1n) is 12.3. The molecule has 0 radical (unpaired) electrons. The van der Waals surface area contributed by atoms with E-state index in [4.69, 9.17) is 0 Å². The molecule has 0 aliphatic carbocycles. The first-order valence-corrected chi connectivity index (χ1v) is 12.3. The van der Waals surface area contributed by atoms with Gasteiger partial charge in [0.25, 0.3) is 0 Å². The number of aromatic hydroxyl groups is 2. The number of hydrogen-bond acceptors (Lipinski definition) is 2. The van der Waals surface area contributed by atoms with Crippen molar-refractivity contribution in [2.45, 2.75) is 113 Å². The molecule has 0 saturated carbocycles. The Morgan fingerprint density at radius 2 is 1.40 bits per heavy atom. The molecule has 2 atom stereocenters. The van der Waals surface area contributed by atoms with Crippen LogP contribution in [-0.2, 0) is 6.42 Å². The lowest BCUT2D eigenvalue weighted by molar-refractivity contribution is 0.389. The molecule has 0 heterocycles. The second kappa shape index (κ2) is 13.8. The van der Waals surface area contributed by atoms with E-state index in [-0.39, 0.29) is 0 Å². The number of hydrogen-bond donors (Lipinski definition) is 2. The first-order chi connectivity index (χ1) is 14.1. The maximum absolute atomic E-state index is 10.2. The molecule has 0 amide bonds. The van der Waals surface area contributed by atoms with E-state index in [1.807, 2.05) is 13.8 Å². The van der Waals surface area contributed by atoms with Gasteiger partial charge in [0.15, 0.2) is 0 Å². The predicted octanol–water partition coefficient (Wildman–Crippen LogP) is 8.64. The summed E-state index contributed by atoms with van der Waals surface area (Å²) >= 11 is 0. The largest absolute Gasteiger partial charge is 0.508 e. The monoisotopic (exact) mass is 416 g/mol. The molecule has 0 spiro atoms. The van der Waals surface area contributed by atoms with E-state index in [1.165, 1.54) is 56.9 Å². The standard InChI is InChI=1S/C28H48O2/c1-20(2)11-8-12-21(3)13-9-14-22(4)15-10-16-23(5)17-18-26-25(7)28(30)24(6)19-27(26)29/h17,19-22,29-30H,8-16,18H2,1-7H3/b23-17+/t21-,22-/m1/s1. The Labute approximate surface area is 186 Å². The van der Waals surface area contributed by atoms with Crippen LogP contribution in [0.2, 0.25) is 0 Å². The van der Waals surface area contributed by atoms with E-state index < -0.39 is 0 Å². The SMILES string of the molecule is C/C(=C\Cc1c(O)cc(C)c(O)c1C)CCC[C@H](C)CCC[C@H](C)CCCC(C)C. The zero-order valence-corrected chi connectivity index (χ0v) is 20.9. The molecule has 0 unspecified atom stereocenters. The highest BCUT2D eigenvalue weighted by molar-refractivity contribution is 5.52. The highest BCUT2D eigenvalue weighted by Crippen LogP contribution is 2.32. The molecule has 1 aromatic carbocycles. The molecule has 2 nitrogen and oxygen atoms in total. The summed E-state index contributed by atoms with van der Waals surface area (Å²) in [5.41, 5.74) is 3.74. The fraction of sp³-hybridized carbons (Fsp3) is 0.714. The molecule has 2 N–H and O–H groups in total. The van der Waals surface area contributed by atoms with Crippen LogP contribution in [-0.4, -0.2) is 10.2 Å². The fourth-order valence-corrected chi connectivity index (χ4v) is 4.33. The second-order valence-electron chi connectivity index (χ2n) is 10.3. The molecule has 0 fully saturated rings. The summed E-state index contributed by atoms with van der Waals surface area (Å²) in [5, 5.41) is 20.3. The van der Waals surface area contributed by atoms with Crippen molar-refractivity contribution in [1.29, 1.82) is 0 Å². The molecule has 30 heavy (non-hydrogen) atoms. The highest BCUT2D eigenvalue weighted by Gasteiger charge is 2.11. The maximum atomic E-state index is 10.2. The minimum atomic E-state index is 0.291. The van der Waals surface area contributed by atoms with Crippen molar-refractivity contribution in [3.8, 4) is 11.5 Å². The van der Waals surface area contributed by atoms with Gasteiger partial charge < -0.3 is 10.2 Å². The normalized spacial score (nSPS) is 14.3. The summed E-state index contributed by atoms with van der Waals surface area (Å²) in [5.74, 6) is 3.12. The van der Waals surface area contributed by atoms with Crippen LogP contribution in [0.1, 0.15) is 109 Å². The van der Waals surface area contributed by atoms with Crippen molar-refractivity contribution >= 4 is 0 Å². The molecule has 0 aromatic heterocycles. The van der Waals surface area contributed by atoms with E-state index in [9.17, 15) is 10.2 Å². The van der Waals surface area contributed by atoms with E-state index >= 15 is 0 Å². The summed E-state index contributed by atoms with van der Waals surface area (Å²) < 4.78 is 0. The van der Waals surface area contributed by atoms with Crippen molar-refractivity contribution in [2.75, 3.05) is 0 Å². The van der Waals surface area contributed by atoms with Gasteiger partial charge in [-0.1, -0.05) is 84.3 Å². The molecule has 2 heteroatoms. The van der Waals surface area contributed by atoms with Crippen LogP contribution in [0.4, 0.5) is 0 Å². The Balaban J connectivity index is 2.27. The zero-order chi connectivity index (χ0) is 22.7. The van der Waals surface area contributed by atoms with Crippen molar-refractivity contribution in [3.63, 3.8) is 0 Å². The minimum absolute atomic E-state index is 0.291. The van der Waals surface area contributed by atoms with Crippen molar-refractivity contribution in [2.24, 2.45) is 17.8 Å². The van der Waals surface area contributed by atoms with Crippen LogP contribution >= 0.6 is 0 Å².